The Morgan fingerprint density at radius 3 is 1.49 bits per heavy atom. The van der Waals surface area contributed by atoms with E-state index in [1.165, 1.54) is 10.8 Å². The van der Waals surface area contributed by atoms with E-state index >= 15 is 0 Å². The molecule has 0 aliphatic rings. The van der Waals surface area contributed by atoms with Crippen molar-refractivity contribution in [2.45, 2.75) is 0 Å². The van der Waals surface area contributed by atoms with E-state index < -0.39 is 0 Å². The third kappa shape index (κ3) is 4.39. The van der Waals surface area contributed by atoms with Gasteiger partial charge in [-0.05, 0) is 83.9 Å². The molecule has 11 rings (SSSR count). The van der Waals surface area contributed by atoms with Crippen LogP contribution in [0.15, 0.2) is 176 Å². The van der Waals surface area contributed by atoms with Gasteiger partial charge in [0.25, 0.3) is 0 Å². The molecule has 0 atom stereocenters. The molecule has 3 aromatic heterocycles. The summed E-state index contributed by atoms with van der Waals surface area (Å²) in [5, 5.41) is 27.3. The van der Waals surface area contributed by atoms with Gasteiger partial charge in [0, 0.05) is 38.0 Å². The lowest BCUT2D eigenvalue weighted by atomic mass is 10.0. The second-order valence-corrected chi connectivity index (χ2v) is 14.0. The normalized spacial score (nSPS) is 11.6. The SMILES string of the molecule is N#Cc1ccc(-c2cccc(-n3c4ccccc4c4c(C#N)cccc43)c2)cc1-n1c2ccccc2c2c(-n3c4ccccc4c4ccccc43)cccc21. The Labute approximate surface area is 316 Å². The summed E-state index contributed by atoms with van der Waals surface area (Å²) in [7, 11) is 0. The zero-order valence-corrected chi connectivity index (χ0v) is 29.5. The Morgan fingerprint density at radius 2 is 0.818 bits per heavy atom. The van der Waals surface area contributed by atoms with Gasteiger partial charge in [-0.3, -0.25) is 0 Å². The van der Waals surface area contributed by atoms with Crippen LogP contribution in [-0.2, 0) is 0 Å². The number of rotatable bonds is 4. The topological polar surface area (TPSA) is 62.4 Å². The van der Waals surface area contributed by atoms with E-state index in [0.717, 1.165) is 82.8 Å². The van der Waals surface area contributed by atoms with E-state index in [0.29, 0.717) is 11.1 Å². The first-order chi connectivity index (χ1) is 27.2. The molecule has 0 radical (unpaired) electrons. The molecule has 55 heavy (non-hydrogen) atoms. The van der Waals surface area contributed by atoms with Gasteiger partial charge in [0.15, 0.2) is 0 Å². The Balaban J connectivity index is 1.14. The second kappa shape index (κ2) is 11.8. The number of para-hydroxylation sites is 4. The molecule has 0 unspecified atom stereocenters. The summed E-state index contributed by atoms with van der Waals surface area (Å²) in [5.41, 5.74) is 12.6. The summed E-state index contributed by atoms with van der Waals surface area (Å²) < 4.78 is 6.87. The lowest BCUT2D eigenvalue weighted by Gasteiger charge is -2.14. The third-order valence-electron chi connectivity index (χ3n) is 11.1. The van der Waals surface area contributed by atoms with Crippen LogP contribution in [-0.4, -0.2) is 13.7 Å². The zero-order valence-electron chi connectivity index (χ0n) is 29.5. The number of fused-ring (bicyclic) bond motifs is 9. The Bertz CT molecular complexity index is 3420. The fourth-order valence-corrected chi connectivity index (χ4v) is 8.83. The van der Waals surface area contributed by atoms with Gasteiger partial charge >= 0.3 is 0 Å². The Hall–Kier alpha value is -7.86. The molecule has 254 valence electrons. The van der Waals surface area contributed by atoms with Crippen LogP contribution in [0.25, 0.3) is 93.6 Å². The first-order valence-electron chi connectivity index (χ1n) is 18.3. The van der Waals surface area contributed by atoms with Crippen molar-refractivity contribution in [3.05, 3.63) is 187 Å². The molecule has 0 aliphatic heterocycles. The minimum atomic E-state index is 0.594. The Morgan fingerprint density at radius 1 is 0.327 bits per heavy atom. The third-order valence-corrected chi connectivity index (χ3v) is 11.1. The van der Waals surface area contributed by atoms with Crippen LogP contribution in [0.1, 0.15) is 11.1 Å². The summed E-state index contributed by atoms with van der Waals surface area (Å²) in [6, 6.07) is 65.9. The summed E-state index contributed by atoms with van der Waals surface area (Å²) in [6.07, 6.45) is 0. The minimum Gasteiger partial charge on any atom is -0.309 e. The van der Waals surface area contributed by atoms with E-state index in [2.05, 4.69) is 165 Å². The second-order valence-electron chi connectivity index (χ2n) is 14.0. The maximum absolute atomic E-state index is 10.6. The highest BCUT2D eigenvalue weighted by Crippen LogP contribution is 2.41. The molecule has 0 amide bonds. The summed E-state index contributed by atoms with van der Waals surface area (Å²) >= 11 is 0. The molecule has 0 fully saturated rings. The van der Waals surface area contributed by atoms with Gasteiger partial charge in [-0.2, -0.15) is 10.5 Å². The average Bonchev–Trinajstić information content (AvgIpc) is 3.89. The Kier molecular flexibility index (Phi) is 6.61. The predicted octanol–water partition coefficient (Wildman–Crippen LogP) is 12.4. The largest absolute Gasteiger partial charge is 0.309 e. The van der Waals surface area contributed by atoms with Crippen LogP contribution in [0.3, 0.4) is 0 Å². The van der Waals surface area contributed by atoms with Crippen LogP contribution in [0.5, 0.6) is 0 Å². The molecule has 0 bridgehead atoms. The van der Waals surface area contributed by atoms with Gasteiger partial charge in [0.05, 0.1) is 61.7 Å². The number of hydrogen-bond acceptors (Lipinski definition) is 2. The number of nitriles is 2. The molecular weight excluding hydrogens is 671 g/mol. The number of aromatic nitrogens is 3. The molecule has 0 saturated carbocycles. The van der Waals surface area contributed by atoms with Gasteiger partial charge in [0.2, 0.25) is 0 Å². The summed E-state index contributed by atoms with van der Waals surface area (Å²) in [6.45, 7) is 0. The van der Waals surface area contributed by atoms with Crippen molar-refractivity contribution < 1.29 is 0 Å². The molecule has 0 aliphatic carbocycles. The van der Waals surface area contributed by atoms with Gasteiger partial charge in [0.1, 0.15) is 6.07 Å². The van der Waals surface area contributed by atoms with Crippen molar-refractivity contribution in [1.82, 2.24) is 13.7 Å². The van der Waals surface area contributed by atoms with E-state index in [4.69, 9.17) is 0 Å². The highest BCUT2D eigenvalue weighted by Gasteiger charge is 2.21. The van der Waals surface area contributed by atoms with Gasteiger partial charge in [-0.15, -0.1) is 0 Å². The van der Waals surface area contributed by atoms with Crippen LogP contribution in [0.4, 0.5) is 0 Å². The molecule has 8 aromatic carbocycles. The first kappa shape index (κ1) is 30.7. The monoisotopic (exact) mass is 699 g/mol. The van der Waals surface area contributed by atoms with E-state index in [-0.39, 0.29) is 0 Å². The van der Waals surface area contributed by atoms with Crippen molar-refractivity contribution in [3.8, 4) is 40.3 Å². The lowest BCUT2D eigenvalue weighted by Crippen LogP contribution is -1.99. The molecule has 5 heteroatoms. The molecule has 5 nitrogen and oxygen atoms in total. The molecule has 11 aromatic rings. The van der Waals surface area contributed by atoms with E-state index in [9.17, 15) is 10.5 Å². The van der Waals surface area contributed by atoms with Gasteiger partial charge in [-0.1, -0.05) is 103 Å². The van der Waals surface area contributed by atoms with Crippen LogP contribution in [0.2, 0.25) is 0 Å². The van der Waals surface area contributed by atoms with E-state index in [1.54, 1.807) is 0 Å². The summed E-state index contributed by atoms with van der Waals surface area (Å²) in [4.78, 5) is 0. The number of nitrogens with zero attached hydrogens (tertiary/aromatic N) is 5. The van der Waals surface area contributed by atoms with Gasteiger partial charge in [-0.25, -0.2) is 0 Å². The van der Waals surface area contributed by atoms with Crippen LogP contribution in [0, 0.1) is 22.7 Å². The van der Waals surface area contributed by atoms with Crippen molar-refractivity contribution >= 4 is 65.4 Å². The smallest absolute Gasteiger partial charge is 0.101 e. The number of hydrogen-bond donors (Lipinski definition) is 0. The van der Waals surface area contributed by atoms with Crippen molar-refractivity contribution in [1.29, 1.82) is 10.5 Å². The molecular formula is C50H29N5. The van der Waals surface area contributed by atoms with Crippen LogP contribution < -0.4 is 0 Å². The molecule has 3 heterocycles. The van der Waals surface area contributed by atoms with E-state index in [1.807, 2.05) is 36.4 Å². The highest BCUT2D eigenvalue weighted by molar-refractivity contribution is 6.17. The van der Waals surface area contributed by atoms with Crippen molar-refractivity contribution in [3.63, 3.8) is 0 Å². The summed E-state index contributed by atoms with van der Waals surface area (Å²) in [5.74, 6) is 0. The highest BCUT2D eigenvalue weighted by atomic mass is 15.0. The average molecular weight is 700 g/mol. The standard InChI is InChI=1S/C50H29N5/c51-30-34-27-26-33(32-12-9-14-36(28-32)53-43-21-7-3-17-39(43)49-35(31-52)13-10-23-45(49)53)29-48(34)55-44-22-8-4-18-40(44)50-46(24-11-25-47(50)55)54-41-19-5-1-15-37(41)38-16-2-6-20-42(38)54/h1-29H. The van der Waals surface area contributed by atoms with Crippen LogP contribution >= 0.6 is 0 Å². The molecule has 0 saturated heterocycles. The quantitative estimate of drug-likeness (QED) is 0.184. The predicted molar refractivity (Wildman–Crippen MR) is 224 cm³/mol. The molecule has 0 N–H and O–H groups in total. The van der Waals surface area contributed by atoms with Crippen molar-refractivity contribution in [2.24, 2.45) is 0 Å². The molecule has 0 spiro atoms. The lowest BCUT2D eigenvalue weighted by molar-refractivity contribution is 1.16. The number of benzene rings is 8. The van der Waals surface area contributed by atoms with Crippen molar-refractivity contribution in [2.75, 3.05) is 0 Å². The maximum atomic E-state index is 10.6. The fourth-order valence-electron chi connectivity index (χ4n) is 8.83. The maximum Gasteiger partial charge on any atom is 0.101 e. The fraction of sp³-hybridized carbons (Fsp3) is 0. The van der Waals surface area contributed by atoms with Gasteiger partial charge < -0.3 is 13.7 Å². The minimum absolute atomic E-state index is 0.594. The first-order valence-corrected chi connectivity index (χ1v) is 18.3. The zero-order chi connectivity index (χ0) is 36.6.